The van der Waals surface area contributed by atoms with E-state index in [-0.39, 0.29) is 31.1 Å². The monoisotopic (exact) mass is 308 g/mol. The van der Waals surface area contributed by atoms with Crippen molar-refractivity contribution in [1.82, 2.24) is 0 Å². The molecule has 0 fully saturated rings. The molecule has 1 aliphatic carbocycles. The molecule has 5 heteroatoms. The molecule has 2 aromatic carbocycles. The van der Waals surface area contributed by atoms with E-state index in [2.05, 4.69) is 0 Å². The maximum absolute atomic E-state index is 12.8. The molecule has 1 atom stereocenters. The van der Waals surface area contributed by atoms with Gasteiger partial charge in [-0.1, -0.05) is 24.3 Å². The van der Waals surface area contributed by atoms with Crippen LogP contribution < -0.4 is 0 Å². The van der Waals surface area contributed by atoms with Crippen molar-refractivity contribution in [2.24, 2.45) is 0 Å². The van der Waals surface area contributed by atoms with E-state index in [9.17, 15) is 14.4 Å². The Morgan fingerprint density at radius 1 is 1.00 bits per heavy atom. The fourth-order valence-electron chi connectivity index (χ4n) is 3.14. The molecule has 4 rings (SSSR count). The molecule has 23 heavy (non-hydrogen) atoms. The van der Waals surface area contributed by atoms with Gasteiger partial charge < -0.3 is 9.47 Å². The Labute approximate surface area is 131 Å². The van der Waals surface area contributed by atoms with Crippen molar-refractivity contribution in [3.8, 4) is 0 Å². The van der Waals surface area contributed by atoms with Crippen molar-refractivity contribution in [2.75, 3.05) is 6.61 Å². The summed E-state index contributed by atoms with van der Waals surface area (Å²) in [6.07, 6.45) is -0.713. The van der Waals surface area contributed by atoms with E-state index in [1.807, 2.05) is 24.3 Å². The van der Waals surface area contributed by atoms with E-state index >= 15 is 0 Å². The quantitative estimate of drug-likeness (QED) is 0.797. The predicted molar refractivity (Wildman–Crippen MR) is 81.1 cm³/mol. The molecule has 2 aliphatic rings. The van der Waals surface area contributed by atoms with E-state index in [0.29, 0.717) is 22.3 Å². The Kier molecular flexibility index (Phi) is 3.09. The summed E-state index contributed by atoms with van der Waals surface area (Å²) >= 11 is 0. The van der Waals surface area contributed by atoms with Gasteiger partial charge in [-0.2, -0.15) is 0 Å². The molecule has 0 amide bonds. The van der Waals surface area contributed by atoms with Gasteiger partial charge in [-0.3, -0.25) is 14.4 Å². The van der Waals surface area contributed by atoms with Crippen LogP contribution in [0.3, 0.4) is 0 Å². The zero-order valence-corrected chi connectivity index (χ0v) is 12.1. The summed E-state index contributed by atoms with van der Waals surface area (Å²) in [7, 11) is 0. The molecule has 1 aliphatic heterocycles. The number of hydrogen-bond acceptors (Lipinski definition) is 5. The third kappa shape index (κ3) is 2.09. The van der Waals surface area contributed by atoms with Crippen LogP contribution in [-0.2, 0) is 14.3 Å². The van der Waals surface area contributed by atoms with Crippen LogP contribution in [0.2, 0.25) is 0 Å². The van der Waals surface area contributed by atoms with Crippen molar-refractivity contribution in [1.29, 1.82) is 0 Å². The van der Waals surface area contributed by atoms with Gasteiger partial charge in [0, 0.05) is 28.7 Å². The highest BCUT2D eigenvalue weighted by Gasteiger charge is 2.37. The fourth-order valence-corrected chi connectivity index (χ4v) is 3.14. The number of Topliss-reactive ketones (excluding diaryl/α,β-unsaturated/α-hetero) is 2. The lowest BCUT2D eigenvalue weighted by atomic mass is 9.81. The molecule has 0 saturated carbocycles. The molecule has 1 heterocycles. The molecule has 0 radical (unpaired) electrons. The summed E-state index contributed by atoms with van der Waals surface area (Å²) in [5.74, 6) is -0.381. The highest BCUT2D eigenvalue weighted by molar-refractivity contribution is 6.28. The maximum Gasteiger partial charge on any atom is 0.295 e. The number of ether oxygens (including phenoxy) is 2. The SMILES string of the molecule is O=COC1CC2=C(CO1)C(=O)c1cc3ccccc3cc1C2=O. The number of benzene rings is 2. The summed E-state index contributed by atoms with van der Waals surface area (Å²) in [6, 6.07) is 11.1. The molecular formula is C18H12O5. The normalized spacial score (nSPS) is 20.3. The van der Waals surface area contributed by atoms with Crippen molar-refractivity contribution in [3.63, 3.8) is 0 Å². The molecule has 2 aromatic rings. The lowest BCUT2D eigenvalue weighted by Gasteiger charge is -2.28. The summed E-state index contributed by atoms with van der Waals surface area (Å²) in [5.41, 5.74) is 1.56. The molecule has 0 aromatic heterocycles. The highest BCUT2D eigenvalue weighted by Crippen LogP contribution is 2.34. The van der Waals surface area contributed by atoms with Crippen LogP contribution in [0.15, 0.2) is 47.5 Å². The first-order chi connectivity index (χ1) is 11.2. The van der Waals surface area contributed by atoms with Crippen molar-refractivity contribution >= 4 is 28.8 Å². The van der Waals surface area contributed by atoms with Crippen molar-refractivity contribution < 1.29 is 23.9 Å². The molecule has 1 unspecified atom stereocenters. The third-order valence-electron chi connectivity index (χ3n) is 4.28. The van der Waals surface area contributed by atoms with E-state index in [1.165, 1.54) is 0 Å². The Balaban J connectivity index is 1.85. The number of ketones is 2. The zero-order valence-electron chi connectivity index (χ0n) is 12.1. The molecule has 0 bridgehead atoms. The van der Waals surface area contributed by atoms with Crippen LogP contribution in [0.5, 0.6) is 0 Å². The summed E-state index contributed by atoms with van der Waals surface area (Å²) in [5, 5.41) is 1.82. The van der Waals surface area contributed by atoms with Crippen LogP contribution in [0.25, 0.3) is 10.8 Å². The van der Waals surface area contributed by atoms with E-state index < -0.39 is 6.29 Å². The van der Waals surface area contributed by atoms with Gasteiger partial charge in [-0.25, -0.2) is 0 Å². The van der Waals surface area contributed by atoms with Gasteiger partial charge in [-0.15, -0.1) is 0 Å². The number of carbonyl (C=O) groups is 3. The minimum atomic E-state index is -0.815. The molecule has 0 N–H and O–H groups in total. The average molecular weight is 308 g/mol. The molecule has 5 nitrogen and oxygen atoms in total. The van der Waals surface area contributed by atoms with E-state index in [0.717, 1.165) is 10.8 Å². The fraction of sp³-hybridized carbons (Fsp3) is 0.167. The minimum absolute atomic E-state index is 0.0231. The number of rotatable bonds is 2. The second-order valence-electron chi connectivity index (χ2n) is 5.54. The summed E-state index contributed by atoms with van der Waals surface area (Å²) in [6.45, 7) is 0.261. The topological polar surface area (TPSA) is 69.7 Å². The second-order valence-corrected chi connectivity index (χ2v) is 5.54. The highest BCUT2D eigenvalue weighted by atomic mass is 16.7. The van der Waals surface area contributed by atoms with Gasteiger partial charge in [0.05, 0.1) is 6.61 Å². The summed E-state index contributed by atoms with van der Waals surface area (Å²) in [4.78, 5) is 35.9. The first-order valence-electron chi connectivity index (χ1n) is 7.24. The lowest BCUT2D eigenvalue weighted by molar-refractivity contribution is -0.163. The predicted octanol–water partition coefficient (Wildman–Crippen LogP) is 2.43. The molecule has 114 valence electrons. The van der Waals surface area contributed by atoms with Gasteiger partial charge in [0.15, 0.2) is 11.6 Å². The van der Waals surface area contributed by atoms with Gasteiger partial charge in [0.1, 0.15) is 0 Å². The van der Waals surface area contributed by atoms with Crippen molar-refractivity contribution in [3.05, 3.63) is 58.7 Å². The number of fused-ring (bicyclic) bond motifs is 2. The van der Waals surface area contributed by atoms with Gasteiger partial charge in [0.2, 0.25) is 6.29 Å². The Bertz CT molecular complexity index is 893. The summed E-state index contributed by atoms with van der Waals surface area (Å²) < 4.78 is 10.1. The first kappa shape index (κ1) is 13.8. The van der Waals surface area contributed by atoms with Gasteiger partial charge >= 0.3 is 0 Å². The third-order valence-corrected chi connectivity index (χ3v) is 4.28. The Hall–Kier alpha value is -2.79. The maximum atomic E-state index is 12.8. The number of carbonyl (C=O) groups excluding carboxylic acids is 3. The van der Waals surface area contributed by atoms with Crippen LogP contribution >= 0.6 is 0 Å². The average Bonchev–Trinajstić information content (AvgIpc) is 2.58. The van der Waals surface area contributed by atoms with Crippen molar-refractivity contribution in [2.45, 2.75) is 12.7 Å². The minimum Gasteiger partial charge on any atom is -0.438 e. The van der Waals surface area contributed by atoms with Crippen LogP contribution in [0.1, 0.15) is 27.1 Å². The van der Waals surface area contributed by atoms with Gasteiger partial charge in [0.25, 0.3) is 6.47 Å². The molecular weight excluding hydrogens is 296 g/mol. The van der Waals surface area contributed by atoms with E-state index in [1.54, 1.807) is 12.1 Å². The zero-order chi connectivity index (χ0) is 16.0. The second kappa shape index (κ2) is 5.14. The lowest BCUT2D eigenvalue weighted by Crippen LogP contribution is -2.33. The Morgan fingerprint density at radius 3 is 2.22 bits per heavy atom. The number of hydrogen-bond donors (Lipinski definition) is 0. The standard InChI is InChI=1S/C18H12O5/c19-9-23-16-7-14-15(8-22-16)18(21)13-6-11-4-2-1-3-10(11)5-12(13)17(14)20/h1-6,9,16H,7-8H2. The Morgan fingerprint density at radius 2 is 1.61 bits per heavy atom. The smallest absolute Gasteiger partial charge is 0.295 e. The molecule has 0 spiro atoms. The first-order valence-corrected chi connectivity index (χ1v) is 7.24. The largest absolute Gasteiger partial charge is 0.438 e. The van der Waals surface area contributed by atoms with Crippen LogP contribution in [0.4, 0.5) is 0 Å². The molecule has 0 saturated heterocycles. The van der Waals surface area contributed by atoms with Crippen LogP contribution in [-0.4, -0.2) is 30.9 Å². The van der Waals surface area contributed by atoms with Crippen LogP contribution in [0, 0.1) is 0 Å². The van der Waals surface area contributed by atoms with Gasteiger partial charge in [-0.05, 0) is 22.9 Å². The van der Waals surface area contributed by atoms with E-state index in [4.69, 9.17) is 9.47 Å².